The van der Waals surface area contributed by atoms with Gasteiger partial charge in [-0.15, -0.1) is 0 Å². The van der Waals surface area contributed by atoms with Crippen LogP contribution in [0, 0.1) is 0 Å². The number of imide groups is 1. The van der Waals surface area contributed by atoms with Gasteiger partial charge in [-0.3, -0.25) is 14.5 Å². The van der Waals surface area contributed by atoms with Gasteiger partial charge in [-0.25, -0.2) is 17.9 Å². The van der Waals surface area contributed by atoms with Gasteiger partial charge < -0.3 is 15.0 Å². The van der Waals surface area contributed by atoms with Crippen molar-refractivity contribution in [1.82, 2.24) is 19.8 Å². The first-order valence-corrected chi connectivity index (χ1v) is 14.2. The Labute approximate surface area is 231 Å². The van der Waals surface area contributed by atoms with E-state index in [2.05, 4.69) is 22.7 Å². The SMILES string of the molecule is O=C(NCCN1C(=O)c2ccccc2C1=O)N1C[C@@H](S)[C@H](NS(=O)(=O)c2ccc(Oc3ccccc3)cc2)C1. The summed E-state index contributed by atoms with van der Waals surface area (Å²) in [5.74, 6) is 0.348. The van der Waals surface area contributed by atoms with Crippen LogP contribution in [0.2, 0.25) is 0 Å². The van der Waals surface area contributed by atoms with E-state index in [1.807, 2.05) is 18.2 Å². The van der Waals surface area contributed by atoms with Crippen molar-refractivity contribution in [3.8, 4) is 11.5 Å². The van der Waals surface area contributed by atoms with Crippen LogP contribution >= 0.6 is 12.6 Å². The molecule has 0 spiro atoms. The van der Waals surface area contributed by atoms with Crippen LogP contribution in [0.4, 0.5) is 4.79 Å². The molecule has 1 saturated heterocycles. The molecule has 1 fully saturated rings. The molecule has 0 aliphatic carbocycles. The lowest BCUT2D eigenvalue weighted by molar-refractivity contribution is 0.0655. The maximum Gasteiger partial charge on any atom is 0.317 e. The third kappa shape index (κ3) is 5.77. The lowest BCUT2D eigenvalue weighted by Gasteiger charge is -2.19. The summed E-state index contributed by atoms with van der Waals surface area (Å²) >= 11 is 4.49. The highest BCUT2D eigenvalue weighted by molar-refractivity contribution is 7.89. The minimum atomic E-state index is -3.88. The lowest BCUT2D eigenvalue weighted by Crippen LogP contribution is -2.45. The van der Waals surface area contributed by atoms with Crippen LogP contribution in [0.25, 0.3) is 0 Å². The second-order valence-corrected chi connectivity index (χ2v) is 11.5. The van der Waals surface area contributed by atoms with Crippen molar-refractivity contribution < 1.29 is 27.5 Å². The smallest absolute Gasteiger partial charge is 0.317 e. The predicted molar refractivity (Wildman–Crippen MR) is 147 cm³/mol. The number of benzene rings is 3. The maximum atomic E-state index is 13.0. The molecule has 3 aromatic carbocycles. The van der Waals surface area contributed by atoms with E-state index >= 15 is 0 Å². The van der Waals surface area contributed by atoms with Gasteiger partial charge in [-0.2, -0.15) is 12.6 Å². The zero-order chi connectivity index (χ0) is 27.6. The number of fused-ring (bicyclic) bond motifs is 1. The summed E-state index contributed by atoms with van der Waals surface area (Å²) in [5.41, 5.74) is 0.694. The Morgan fingerprint density at radius 2 is 1.46 bits per heavy atom. The van der Waals surface area contributed by atoms with Gasteiger partial charge in [0, 0.05) is 31.4 Å². The van der Waals surface area contributed by atoms with Crippen LogP contribution in [-0.4, -0.2) is 73.5 Å². The number of urea groups is 1. The van der Waals surface area contributed by atoms with Crippen molar-refractivity contribution in [1.29, 1.82) is 0 Å². The number of para-hydroxylation sites is 1. The summed E-state index contributed by atoms with van der Waals surface area (Å²) in [4.78, 5) is 40.3. The summed E-state index contributed by atoms with van der Waals surface area (Å²) in [6.07, 6.45) is 0. The normalized spacial score (nSPS) is 18.8. The molecular weight excluding hydrogens is 540 g/mol. The molecule has 0 bridgehead atoms. The van der Waals surface area contributed by atoms with Gasteiger partial charge in [-0.1, -0.05) is 30.3 Å². The molecule has 2 aliphatic rings. The number of amides is 4. The van der Waals surface area contributed by atoms with Crippen molar-refractivity contribution in [3.63, 3.8) is 0 Å². The number of nitrogens with zero attached hydrogens (tertiary/aromatic N) is 2. The summed E-state index contributed by atoms with van der Waals surface area (Å²) in [7, 11) is -3.88. The van der Waals surface area contributed by atoms with Crippen LogP contribution < -0.4 is 14.8 Å². The van der Waals surface area contributed by atoms with Crippen molar-refractivity contribution >= 4 is 40.5 Å². The molecular formula is C27H26N4O6S2. The molecule has 0 aromatic heterocycles. The zero-order valence-electron chi connectivity index (χ0n) is 20.7. The lowest BCUT2D eigenvalue weighted by atomic mass is 10.1. The molecule has 202 valence electrons. The molecule has 5 rings (SSSR count). The summed E-state index contributed by atoms with van der Waals surface area (Å²) < 4.78 is 34.3. The van der Waals surface area contributed by atoms with Crippen molar-refractivity contribution in [2.24, 2.45) is 0 Å². The first kappa shape index (κ1) is 26.7. The van der Waals surface area contributed by atoms with Gasteiger partial charge in [0.25, 0.3) is 11.8 Å². The Morgan fingerprint density at radius 1 is 0.872 bits per heavy atom. The molecule has 0 saturated carbocycles. The number of hydrogen-bond donors (Lipinski definition) is 3. The third-order valence-electron chi connectivity index (χ3n) is 6.49. The molecule has 0 unspecified atom stereocenters. The fraction of sp³-hybridized carbons (Fsp3) is 0.222. The number of carbonyl (C=O) groups excluding carboxylic acids is 3. The van der Waals surface area contributed by atoms with E-state index in [-0.39, 0.29) is 31.1 Å². The van der Waals surface area contributed by atoms with Gasteiger partial charge >= 0.3 is 6.03 Å². The van der Waals surface area contributed by atoms with Crippen molar-refractivity contribution in [2.45, 2.75) is 16.2 Å². The number of carbonyl (C=O) groups is 3. The predicted octanol–water partition coefficient (Wildman–Crippen LogP) is 2.75. The average molecular weight is 567 g/mol. The topological polar surface area (TPSA) is 125 Å². The van der Waals surface area contributed by atoms with Crippen LogP contribution in [0.5, 0.6) is 11.5 Å². The van der Waals surface area contributed by atoms with Gasteiger partial charge in [0.15, 0.2) is 0 Å². The van der Waals surface area contributed by atoms with E-state index in [0.717, 1.165) is 4.90 Å². The van der Waals surface area contributed by atoms with Gasteiger partial charge in [0.05, 0.1) is 22.1 Å². The highest BCUT2D eigenvalue weighted by Gasteiger charge is 2.37. The monoisotopic (exact) mass is 566 g/mol. The van der Waals surface area contributed by atoms with Crippen LogP contribution in [0.1, 0.15) is 20.7 Å². The fourth-order valence-corrected chi connectivity index (χ4v) is 6.21. The number of hydrogen-bond acceptors (Lipinski definition) is 7. The van der Waals surface area contributed by atoms with E-state index in [4.69, 9.17) is 4.74 Å². The molecule has 4 amide bonds. The molecule has 2 N–H and O–H groups in total. The van der Waals surface area contributed by atoms with E-state index in [1.165, 1.54) is 17.0 Å². The first-order valence-electron chi connectivity index (χ1n) is 12.2. The average Bonchev–Trinajstić information content (AvgIpc) is 3.41. The second-order valence-electron chi connectivity index (χ2n) is 9.13. The summed E-state index contributed by atoms with van der Waals surface area (Å²) in [6.45, 7) is 0.419. The molecule has 2 atom stereocenters. The zero-order valence-corrected chi connectivity index (χ0v) is 22.4. The number of thiol groups is 1. The van der Waals surface area contributed by atoms with E-state index in [1.54, 1.807) is 48.5 Å². The summed E-state index contributed by atoms with van der Waals surface area (Å²) in [5, 5.41) is 2.27. The highest BCUT2D eigenvalue weighted by Crippen LogP contribution is 2.24. The van der Waals surface area contributed by atoms with Crippen LogP contribution in [0.15, 0.2) is 83.8 Å². The van der Waals surface area contributed by atoms with Crippen LogP contribution in [-0.2, 0) is 10.0 Å². The Balaban J connectivity index is 1.12. The number of sulfonamides is 1. The molecule has 39 heavy (non-hydrogen) atoms. The Morgan fingerprint density at radius 3 is 2.10 bits per heavy atom. The van der Waals surface area contributed by atoms with Crippen molar-refractivity contribution in [2.75, 3.05) is 26.2 Å². The number of nitrogens with one attached hydrogen (secondary N) is 2. The third-order valence-corrected chi connectivity index (χ3v) is 8.51. The molecule has 2 heterocycles. The molecule has 12 heteroatoms. The van der Waals surface area contributed by atoms with Gasteiger partial charge in [0.1, 0.15) is 11.5 Å². The van der Waals surface area contributed by atoms with Gasteiger partial charge in [-0.05, 0) is 48.5 Å². The molecule has 3 aromatic rings. The second kappa shape index (κ2) is 11.1. The molecule has 10 nitrogen and oxygen atoms in total. The summed E-state index contributed by atoms with van der Waals surface area (Å²) in [6, 6.07) is 20.7. The maximum absolute atomic E-state index is 13.0. The minimum absolute atomic E-state index is 0.0241. The first-order chi connectivity index (χ1) is 18.7. The number of ether oxygens (including phenoxy) is 1. The highest BCUT2D eigenvalue weighted by atomic mass is 32.2. The van der Waals surface area contributed by atoms with E-state index < -0.39 is 39.2 Å². The number of rotatable bonds is 8. The van der Waals surface area contributed by atoms with E-state index in [0.29, 0.717) is 22.6 Å². The Bertz CT molecular complexity index is 1460. The standard InChI is InChI=1S/C27H26N4O6S2/c32-25-21-8-4-5-9-22(21)26(33)31(25)15-14-28-27(34)30-16-23(24(38)17-30)29-39(35,36)20-12-10-19(11-13-20)37-18-6-2-1-3-7-18/h1-13,23-24,29,38H,14-17H2,(H,28,34)/t23-,24-/m1/s1. The van der Waals surface area contributed by atoms with E-state index in [9.17, 15) is 22.8 Å². The van der Waals surface area contributed by atoms with Crippen LogP contribution in [0.3, 0.4) is 0 Å². The molecule has 2 aliphatic heterocycles. The number of likely N-dealkylation sites (tertiary alicyclic amines) is 1. The minimum Gasteiger partial charge on any atom is -0.457 e. The quantitative estimate of drug-likeness (QED) is 0.285. The Hall–Kier alpha value is -3.87. The van der Waals surface area contributed by atoms with Crippen molar-refractivity contribution in [3.05, 3.63) is 90.0 Å². The fourth-order valence-electron chi connectivity index (χ4n) is 4.48. The molecule has 0 radical (unpaired) electrons. The van der Waals surface area contributed by atoms with Gasteiger partial charge in [0.2, 0.25) is 10.0 Å². The Kier molecular flexibility index (Phi) is 7.60. The largest absolute Gasteiger partial charge is 0.457 e.